The van der Waals surface area contributed by atoms with Crippen molar-refractivity contribution in [2.75, 3.05) is 19.8 Å². The van der Waals surface area contributed by atoms with Crippen molar-refractivity contribution in [2.24, 2.45) is 0 Å². The molecule has 0 aromatic carbocycles. The van der Waals surface area contributed by atoms with Crippen molar-refractivity contribution in [1.29, 1.82) is 0 Å². The van der Waals surface area contributed by atoms with Gasteiger partial charge in [-0.15, -0.1) is 6.58 Å². The Morgan fingerprint density at radius 1 is 0.789 bits per heavy atom. The first-order valence-corrected chi connectivity index (χ1v) is 11.7. The van der Waals surface area contributed by atoms with Crippen LogP contribution in [-0.2, 0) is 57.1 Å². The molecule has 3 N–H and O–H groups in total. The van der Waals surface area contributed by atoms with Crippen molar-refractivity contribution in [2.45, 2.75) is 89.1 Å². The van der Waals surface area contributed by atoms with E-state index in [-0.39, 0.29) is 6.61 Å². The number of esters is 4. The summed E-state index contributed by atoms with van der Waals surface area (Å²) in [5, 5.41) is 30.9. The number of aliphatic hydroxyl groups excluding tert-OH is 3. The van der Waals surface area contributed by atoms with Gasteiger partial charge < -0.3 is 53.2 Å². The Balaban J connectivity index is 2.52. The van der Waals surface area contributed by atoms with Crippen molar-refractivity contribution in [3.05, 3.63) is 12.7 Å². The Labute approximate surface area is 218 Å². The number of rotatable bonds is 11. The molecular weight excluding hydrogens is 516 g/mol. The lowest BCUT2D eigenvalue weighted by Crippen LogP contribution is -2.66. The predicted octanol–water partition coefficient (Wildman–Crippen LogP) is -1.90. The summed E-state index contributed by atoms with van der Waals surface area (Å²) in [6, 6.07) is 0. The maximum atomic E-state index is 12.0. The Morgan fingerprint density at radius 2 is 1.37 bits per heavy atom. The van der Waals surface area contributed by atoms with Gasteiger partial charge in [-0.2, -0.15) is 0 Å². The summed E-state index contributed by atoms with van der Waals surface area (Å²) in [7, 11) is 0. The van der Waals surface area contributed by atoms with Gasteiger partial charge in [0.2, 0.25) is 0 Å². The van der Waals surface area contributed by atoms with Gasteiger partial charge in [0.05, 0.1) is 13.2 Å². The van der Waals surface area contributed by atoms with Gasteiger partial charge in [-0.3, -0.25) is 19.2 Å². The van der Waals surface area contributed by atoms with Crippen molar-refractivity contribution in [1.82, 2.24) is 0 Å². The molecule has 2 rings (SSSR count). The molecule has 38 heavy (non-hydrogen) atoms. The van der Waals surface area contributed by atoms with Gasteiger partial charge in [0.15, 0.2) is 30.9 Å². The number of hydrogen-bond donors (Lipinski definition) is 3. The normalized spacial score (nSPS) is 35.0. The highest BCUT2D eigenvalue weighted by Gasteiger charge is 2.55. The van der Waals surface area contributed by atoms with Crippen LogP contribution in [0.2, 0.25) is 0 Å². The third-order valence-corrected chi connectivity index (χ3v) is 5.46. The lowest BCUT2D eigenvalue weighted by Gasteiger charge is -2.47. The summed E-state index contributed by atoms with van der Waals surface area (Å²) in [6.07, 6.45) is -13.5. The van der Waals surface area contributed by atoms with Crippen LogP contribution in [0, 0.1) is 0 Å². The number of carbonyl (C=O) groups is 4. The molecule has 216 valence electrons. The third-order valence-electron chi connectivity index (χ3n) is 5.46. The third kappa shape index (κ3) is 8.42. The predicted molar refractivity (Wildman–Crippen MR) is 121 cm³/mol. The Morgan fingerprint density at radius 3 is 1.89 bits per heavy atom. The van der Waals surface area contributed by atoms with E-state index in [0.717, 1.165) is 27.7 Å². The molecule has 0 aromatic heterocycles. The second-order valence-corrected chi connectivity index (χ2v) is 8.49. The highest BCUT2D eigenvalue weighted by Crippen LogP contribution is 2.33. The van der Waals surface area contributed by atoms with E-state index in [0.29, 0.717) is 0 Å². The molecule has 0 bridgehead atoms. The Hall–Kier alpha value is -2.66. The van der Waals surface area contributed by atoms with Crippen LogP contribution in [0.1, 0.15) is 27.7 Å². The fourth-order valence-electron chi connectivity index (χ4n) is 4.02. The average Bonchev–Trinajstić information content (AvgIpc) is 2.82. The fraction of sp³-hybridized carbons (Fsp3) is 0.739. The number of aliphatic hydroxyl groups is 3. The summed E-state index contributed by atoms with van der Waals surface area (Å²) in [6.45, 7) is 6.54. The van der Waals surface area contributed by atoms with E-state index in [2.05, 4.69) is 6.58 Å². The molecule has 0 saturated carbocycles. The average molecular weight is 551 g/mol. The minimum absolute atomic E-state index is 0.0972. The van der Waals surface area contributed by atoms with Crippen LogP contribution < -0.4 is 0 Å². The van der Waals surface area contributed by atoms with Crippen LogP contribution in [-0.4, -0.2) is 120 Å². The molecule has 0 amide bonds. The van der Waals surface area contributed by atoms with Gasteiger partial charge in [-0.05, 0) is 0 Å². The first-order chi connectivity index (χ1) is 17.9. The molecule has 2 heterocycles. The quantitative estimate of drug-likeness (QED) is 0.146. The number of ether oxygens (including phenoxy) is 8. The molecule has 0 spiro atoms. The van der Waals surface area contributed by atoms with Gasteiger partial charge in [0, 0.05) is 27.7 Å². The smallest absolute Gasteiger partial charge is 0.303 e. The topological polar surface area (TPSA) is 203 Å². The van der Waals surface area contributed by atoms with Crippen LogP contribution in [0.15, 0.2) is 12.7 Å². The fourth-order valence-corrected chi connectivity index (χ4v) is 4.02. The van der Waals surface area contributed by atoms with Gasteiger partial charge in [-0.25, -0.2) is 0 Å². The van der Waals surface area contributed by atoms with E-state index in [1.165, 1.54) is 6.08 Å². The highest BCUT2D eigenvalue weighted by atomic mass is 16.8. The minimum atomic E-state index is -1.67. The van der Waals surface area contributed by atoms with Gasteiger partial charge >= 0.3 is 23.9 Å². The first kappa shape index (κ1) is 31.6. The van der Waals surface area contributed by atoms with E-state index in [1.54, 1.807) is 0 Å². The molecule has 0 aliphatic carbocycles. The van der Waals surface area contributed by atoms with Gasteiger partial charge in [0.1, 0.15) is 37.1 Å². The maximum absolute atomic E-state index is 12.0. The lowest BCUT2D eigenvalue weighted by molar-refractivity contribution is -0.360. The van der Waals surface area contributed by atoms with E-state index in [1.807, 2.05) is 0 Å². The van der Waals surface area contributed by atoms with Crippen LogP contribution in [0.3, 0.4) is 0 Å². The number of hydrogen-bond acceptors (Lipinski definition) is 15. The molecule has 10 unspecified atom stereocenters. The summed E-state index contributed by atoms with van der Waals surface area (Å²) in [4.78, 5) is 47.3. The summed E-state index contributed by atoms with van der Waals surface area (Å²) < 4.78 is 43.5. The molecule has 0 radical (unpaired) electrons. The standard InChI is InChI=1S/C23H34O15/c1-6-7-31-20-18(16(29)14(8-24)36-22(20)30)38-23-21(35-13(5)28)19(34-12(4)27)17(33-11(3)26)15(37-23)9-32-10(2)25/h6,14-24,29-30H,1,7-9H2,2-5H3. The molecule has 2 aliphatic rings. The SMILES string of the molecule is C=CCOC1C(O)OC(CO)C(O)C1OC1OC(COC(C)=O)C(OC(C)=O)C(OC(C)=O)C1OC(C)=O. The molecule has 10 atom stereocenters. The first-order valence-electron chi connectivity index (χ1n) is 11.7. The van der Waals surface area contributed by atoms with Crippen LogP contribution in [0.25, 0.3) is 0 Å². The molecule has 2 aliphatic heterocycles. The van der Waals surface area contributed by atoms with Crippen LogP contribution >= 0.6 is 0 Å². The number of carbonyl (C=O) groups excluding carboxylic acids is 4. The second-order valence-electron chi connectivity index (χ2n) is 8.49. The van der Waals surface area contributed by atoms with Crippen LogP contribution in [0.4, 0.5) is 0 Å². The second kappa shape index (κ2) is 14.5. The minimum Gasteiger partial charge on any atom is -0.463 e. The van der Waals surface area contributed by atoms with Crippen molar-refractivity contribution < 1.29 is 72.4 Å². The monoisotopic (exact) mass is 550 g/mol. The Kier molecular flexibility index (Phi) is 12.0. The molecule has 15 nitrogen and oxygen atoms in total. The van der Waals surface area contributed by atoms with E-state index < -0.39 is 98.5 Å². The molecule has 2 saturated heterocycles. The zero-order valence-corrected chi connectivity index (χ0v) is 21.4. The van der Waals surface area contributed by atoms with Gasteiger partial charge in [0.25, 0.3) is 0 Å². The molecule has 2 fully saturated rings. The maximum Gasteiger partial charge on any atom is 0.303 e. The molecule has 0 aromatic rings. The largest absolute Gasteiger partial charge is 0.463 e. The summed E-state index contributed by atoms with van der Waals surface area (Å²) in [5.41, 5.74) is 0. The Bertz CT molecular complexity index is 847. The highest BCUT2D eigenvalue weighted by molar-refractivity contribution is 5.68. The molecule has 15 heteroatoms. The van der Waals surface area contributed by atoms with Crippen molar-refractivity contribution in [3.8, 4) is 0 Å². The summed E-state index contributed by atoms with van der Waals surface area (Å²) >= 11 is 0. The van der Waals surface area contributed by atoms with E-state index >= 15 is 0 Å². The van der Waals surface area contributed by atoms with E-state index in [4.69, 9.17) is 37.9 Å². The van der Waals surface area contributed by atoms with E-state index in [9.17, 15) is 34.5 Å². The zero-order valence-electron chi connectivity index (χ0n) is 21.4. The zero-order chi connectivity index (χ0) is 28.6. The van der Waals surface area contributed by atoms with Crippen molar-refractivity contribution in [3.63, 3.8) is 0 Å². The summed E-state index contributed by atoms with van der Waals surface area (Å²) in [5.74, 6) is -3.21. The molecular formula is C23H34O15. The van der Waals surface area contributed by atoms with Crippen LogP contribution in [0.5, 0.6) is 0 Å². The van der Waals surface area contributed by atoms with Gasteiger partial charge in [-0.1, -0.05) is 6.08 Å². The van der Waals surface area contributed by atoms with Crippen molar-refractivity contribution >= 4 is 23.9 Å². The lowest BCUT2D eigenvalue weighted by atomic mass is 9.96.